The van der Waals surface area contributed by atoms with E-state index in [0.29, 0.717) is 5.56 Å². The molecule has 1 nitrogen and oxygen atoms in total. The van der Waals surface area contributed by atoms with Crippen molar-refractivity contribution in [2.75, 3.05) is 7.05 Å². The minimum Gasteiger partial charge on any atom is -0.309 e. The third-order valence-electron chi connectivity index (χ3n) is 3.01. The Morgan fingerprint density at radius 2 is 1.56 bits per heavy atom. The molecule has 0 spiro atoms. The van der Waals surface area contributed by atoms with Crippen molar-refractivity contribution in [1.82, 2.24) is 5.32 Å². The molecule has 18 heavy (non-hydrogen) atoms. The number of halogens is 2. The van der Waals surface area contributed by atoms with Crippen molar-refractivity contribution in [3.63, 3.8) is 0 Å². The molecule has 0 aliphatic heterocycles. The van der Waals surface area contributed by atoms with E-state index in [1.807, 2.05) is 7.05 Å². The van der Waals surface area contributed by atoms with Crippen LogP contribution in [0.5, 0.6) is 0 Å². The van der Waals surface area contributed by atoms with Crippen molar-refractivity contribution in [2.24, 2.45) is 0 Å². The second-order valence-electron chi connectivity index (χ2n) is 4.28. The first-order chi connectivity index (χ1) is 8.61. The SMILES string of the molecule is CNC(c1ccc(F)cc1)c1ccc(F)c(C)c1. The van der Waals surface area contributed by atoms with Crippen molar-refractivity contribution in [1.29, 1.82) is 0 Å². The second kappa shape index (κ2) is 5.27. The minimum absolute atomic E-state index is 0.0649. The molecule has 1 N–H and O–H groups in total. The monoisotopic (exact) mass is 247 g/mol. The summed E-state index contributed by atoms with van der Waals surface area (Å²) in [5.74, 6) is -0.475. The molecule has 0 heterocycles. The summed E-state index contributed by atoms with van der Waals surface area (Å²) in [7, 11) is 1.83. The summed E-state index contributed by atoms with van der Waals surface area (Å²) in [6.07, 6.45) is 0. The first-order valence-corrected chi connectivity index (χ1v) is 5.80. The van der Waals surface area contributed by atoms with E-state index < -0.39 is 0 Å². The molecule has 1 unspecified atom stereocenters. The van der Waals surface area contributed by atoms with Crippen molar-refractivity contribution >= 4 is 0 Å². The van der Waals surface area contributed by atoms with Crippen molar-refractivity contribution in [2.45, 2.75) is 13.0 Å². The predicted molar refractivity (Wildman–Crippen MR) is 68.4 cm³/mol. The van der Waals surface area contributed by atoms with Gasteiger partial charge in [0, 0.05) is 0 Å². The van der Waals surface area contributed by atoms with Crippen LogP contribution in [-0.2, 0) is 0 Å². The largest absolute Gasteiger partial charge is 0.309 e. The van der Waals surface area contributed by atoms with Crippen LogP contribution in [0.1, 0.15) is 22.7 Å². The molecule has 2 aromatic carbocycles. The van der Waals surface area contributed by atoms with Gasteiger partial charge in [-0.1, -0.05) is 24.3 Å². The van der Waals surface area contributed by atoms with Crippen LogP contribution in [0.4, 0.5) is 8.78 Å². The fourth-order valence-corrected chi connectivity index (χ4v) is 2.03. The highest BCUT2D eigenvalue weighted by molar-refractivity contribution is 5.34. The van der Waals surface area contributed by atoms with Gasteiger partial charge in [-0.25, -0.2) is 8.78 Å². The molecule has 0 bridgehead atoms. The predicted octanol–water partition coefficient (Wildman–Crippen LogP) is 3.58. The Morgan fingerprint density at radius 1 is 0.944 bits per heavy atom. The molecule has 3 heteroatoms. The summed E-state index contributed by atoms with van der Waals surface area (Å²) >= 11 is 0. The van der Waals surface area contributed by atoms with Gasteiger partial charge in [0.2, 0.25) is 0 Å². The van der Waals surface area contributed by atoms with E-state index in [1.54, 1.807) is 31.2 Å². The third-order valence-corrected chi connectivity index (χ3v) is 3.01. The maximum absolute atomic E-state index is 13.3. The van der Waals surface area contributed by atoms with E-state index >= 15 is 0 Å². The Hall–Kier alpha value is -1.74. The lowest BCUT2D eigenvalue weighted by molar-refractivity contribution is 0.612. The Bertz CT molecular complexity index is 535. The van der Waals surface area contributed by atoms with Crippen LogP contribution in [0.25, 0.3) is 0 Å². The average molecular weight is 247 g/mol. The van der Waals surface area contributed by atoms with Gasteiger partial charge >= 0.3 is 0 Å². The lowest BCUT2D eigenvalue weighted by Gasteiger charge is -2.18. The van der Waals surface area contributed by atoms with Crippen LogP contribution >= 0.6 is 0 Å². The minimum atomic E-state index is -0.260. The Labute approximate surface area is 105 Å². The molecule has 1 atom stereocenters. The molecule has 0 saturated heterocycles. The molecule has 2 aromatic rings. The normalized spacial score (nSPS) is 12.4. The molecule has 0 saturated carbocycles. The van der Waals surface area contributed by atoms with E-state index in [4.69, 9.17) is 0 Å². The Balaban J connectivity index is 2.38. The van der Waals surface area contributed by atoms with Crippen LogP contribution in [-0.4, -0.2) is 7.05 Å². The third kappa shape index (κ3) is 2.57. The summed E-state index contributed by atoms with van der Waals surface area (Å²) < 4.78 is 26.2. The summed E-state index contributed by atoms with van der Waals surface area (Å²) in [5, 5.41) is 3.16. The van der Waals surface area contributed by atoms with E-state index in [1.165, 1.54) is 18.2 Å². The van der Waals surface area contributed by atoms with Crippen LogP contribution < -0.4 is 5.32 Å². The number of hydrogen-bond acceptors (Lipinski definition) is 1. The zero-order chi connectivity index (χ0) is 13.1. The van der Waals surface area contributed by atoms with Crippen molar-refractivity contribution in [3.8, 4) is 0 Å². The average Bonchev–Trinajstić information content (AvgIpc) is 2.37. The molecule has 0 aliphatic rings. The molecule has 0 aliphatic carbocycles. The van der Waals surface area contributed by atoms with E-state index in [9.17, 15) is 8.78 Å². The van der Waals surface area contributed by atoms with Gasteiger partial charge in [0.1, 0.15) is 11.6 Å². The number of rotatable bonds is 3. The molecular formula is C15H15F2N. The molecule has 2 rings (SSSR count). The number of aryl methyl sites for hydroxylation is 1. The maximum atomic E-state index is 13.3. The number of benzene rings is 2. The maximum Gasteiger partial charge on any atom is 0.126 e. The van der Waals surface area contributed by atoms with E-state index in [0.717, 1.165) is 11.1 Å². The van der Waals surface area contributed by atoms with Crippen molar-refractivity contribution < 1.29 is 8.78 Å². The van der Waals surface area contributed by atoms with Gasteiger partial charge in [-0.3, -0.25) is 0 Å². The summed E-state index contributed by atoms with van der Waals surface area (Å²) in [4.78, 5) is 0. The van der Waals surface area contributed by atoms with Gasteiger partial charge < -0.3 is 5.32 Å². The molecule has 94 valence electrons. The molecule has 0 aromatic heterocycles. The van der Waals surface area contributed by atoms with Crippen LogP contribution in [0.2, 0.25) is 0 Å². The van der Waals surface area contributed by atoms with Crippen molar-refractivity contribution in [3.05, 3.63) is 70.8 Å². The molecule has 0 fully saturated rings. The van der Waals surface area contributed by atoms with Gasteiger partial charge in [0.15, 0.2) is 0 Å². The highest BCUT2D eigenvalue weighted by Crippen LogP contribution is 2.23. The van der Waals surface area contributed by atoms with Crippen LogP contribution in [0.15, 0.2) is 42.5 Å². The second-order valence-corrected chi connectivity index (χ2v) is 4.28. The fraction of sp³-hybridized carbons (Fsp3) is 0.200. The standard InChI is InChI=1S/C15H15F2N/c1-10-9-12(5-8-14(10)17)15(18-2)11-3-6-13(16)7-4-11/h3-9,15,18H,1-2H3. The van der Waals surface area contributed by atoms with E-state index in [2.05, 4.69) is 5.32 Å². The molecule has 0 radical (unpaired) electrons. The lowest BCUT2D eigenvalue weighted by Crippen LogP contribution is -2.17. The molecular weight excluding hydrogens is 232 g/mol. The smallest absolute Gasteiger partial charge is 0.126 e. The topological polar surface area (TPSA) is 12.0 Å². The summed E-state index contributed by atoms with van der Waals surface area (Å²) in [6, 6.07) is 11.3. The first-order valence-electron chi connectivity index (χ1n) is 5.80. The highest BCUT2D eigenvalue weighted by atomic mass is 19.1. The highest BCUT2D eigenvalue weighted by Gasteiger charge is 2.12. The number of hydrogen-bond donors (Lipinski definition) is 1. The van der Waals surface area contributed by atoms with Gasteiger partial charge in [-0.2, -0.15) is 0 Å². The van der Waals surface area contributed by atoms with Gasteiger partial charge in [0.25, 0.3) is 0 Å². The Kier molecular flexibility index (Phi) is 3.72. The van der Waals surface area contributed by atoms with Crippen LogP contribution in [0.3, 0.4) is 0 Å². The Morgan fingerprint density at radius 3 is 2.11 bits per heavy atom. The molecule has 0 amide bonds. The summed E-state index contributed by atoms with van der Waals surface area (Å²) in [6.45, 7) is 1.73. The van der Waals surface area contributed by atoms with E-state index in [-0.39, 0.29) is 17.7 Å². The zero-order valence-electron chi connectivity index (χ0n) is 10.4. The summed E-state index contributed by atoms with van der Waals surface area (Å²) in [5.41, 5.74) is 2.52. The van der Waals surface area contributed by atoms with Gasteiger partial charge in [0.05, 0.1) is 6.04 Å². The quantitative estimate of drug-likeness (QED) is 0.874. The van der Waals surface area contributed by atoms with Gasteiger partial charge in [-0.05, 0) is 48.9 Å². The van der Waals surface area contributed by atoms with Gasteiger partial charge in [-0.15, -0.1) is 0 Å². The van der Waals surface area contributed by atoms with Crippen LogP contribution in [0, 0.1) is 18.6 Å². The fourth-order valence-electron chi connectivity index (χ4n) is 2.03. The first kappa shape index (κ1) is 12.7. The number of nitrogens with one attached hydrogen (secondary N) is 1. The zero-order valence-corrected chi connectivity index (χ0v) is 10.4. The lowest BCUT2D eigenvalue weighted by atomic mass is 9.97.